The molecule has 0 saturated heterocycles. The van der Waals surface area contributed by atoms with Gasteiger partial charge in [0, 0.05) is 6.04 Å². The molecule has 3 heteroatoms. The van der Waals surface area contributed by atoms with Gasteiger partial charge in [-0.2, -0.15) is 0 Å². The summed E-state index contributed by atoms with van der Waals surface area (Å²) in [4.78, 5) is 10.1. The Balaban J connectivity index is 2.33. The fourth-order valence-electron chi connectivity index (χ4n) is 1.63. The maximum Gasteiger partial charge on any atom is 0.207 e. The standard InChI is InChI=1S/C8H15NO2/c1-6-4-7(9-5-10)2-3-8(6)11/h5-8,11H,2-4H2,1H3,(H,9,10)/t6?,7-,8-/m0/s1. The van der Waals surface area contributed by atoms with Crippen molar-refractivity contribution in [2.75, 3.05) is 0 Å². The first-order chi connectivity index (χ1) is 5.24. The van der Waals surface area contributed by atoms with Crippen molar-refractivity contribution in [2.45, 2.75) is 38.3 Å². The van der Waals surface area contributed by atoms with E-state index in [0.717, 1.165) is 25.7 Å². The normalized spacial score (nSPS) is 38.2. The molecule has 1 rings (SSSR count). The van der Waals surface area contributed by atoms with Crippen molar-refractivity contribution in [3.8, 4) is 0 Å². The molecular weight excluding hydrogens is 142 g/mol. The highest BCUT2D eigenvalue weighted by Crippen LogP contribution is 2.23. The van der Waals surface area contributed by atoms with Crippen LogP contribution in [0, 0.1) is 5.92 Å². The Morgan fingerprint density at radius 2 is 2.27 bits per heavy atom. The van der Waals surface area contributed by atoms with E-state index in [1.54, 1.807) is 0 Å². The van der Waals surface area contributed by atoms with Gasteiger partial charge in [-0.05, 0) is 25.2 Å². The molecule has 1 unspecified atom stereocenters. The molecule has 1 aliphatic carbocycles. The minimum absolute atomic E-state index is 0.167. The van der Waals surface area contributed by atoms with Crippen molar-refractivity contribution >= 4 is 6.41 Å². The van der Waals surface area contributed by atoms with Gasteiger partial charge in [-0.1, -0.05) is 6.92 Å². The summed E-state index contributed by atoms with van der Waals surface area (Å²) in [5, 5.41) is 12.1. The van der Waals surface area contributed by atoms with Crippen LogP contribution in [0.3, 0.4) is 0 Å². The molecule has 0 bridgehead atoms. The van der Waals surface area contributed by atoms with Crippen LogP contribution in [0.25, 0.3) is 0 Å². The summed E-state index contributed by atoms with van der Waals surface area (Å²) in [6, 6.07) is 0.283. The molecule has 64 valence electrons. The van der Waals surface area contributed by atoms with Crippen LogP contribution >= 0.6 is 0 Å². The van der Waals surface area contributed by atoms with Gasteiger partial charge in [-0.15, -0.1) is 0 Å². The van der Waals surface area contributed by atoms with Crippen LogP contribution in [-0.2, 0) is 4.79 Å². The fourth-order valence-corrected chi connectivity index (χ4v) is 1.63. The summed E-state index contributed by atoms with van der Waals surface area (Å²) in [5.41, 5.74) is 0. The molecule has 0 spiro atoms. The smallest absolute Gasteiger partial charge is 0.207 e. The maximum absolute atomic E-state index is 10.1. The Labute approximate surface area is 66.8 Å². The molecule has 0 aromatic heterocycles. The molecule has 2 N–H and O–H groups in total. The largest absolute Gasteiger partial charge is 0.393 e. The summed E-state index contributed by atoms with van der Waals surface area (Å²) >= 11 is 0. The number of aliphatic hydroxyl groups is 1. The van der Waals surface area contributed by atoms with E-state index in [1.807, 2.05) is 6.92 Å². The van der Waals surface area contributed by atoms with Gasteiger partial charge in [0.1, 0.15) is 0 Å². The van der Waals surface area contributed by atoms with E-state index in [9.17, 15) is 9.90 Å². The van der Waals surface area contributed by atoms with Crippen LogP contribution in [-0.4, -0.2) is 23.7 Å². The third-order valence-corrected chi connectivity index (χ3v) is 2.43. The van der Waals surface area contributed by atoms with Crippen LogP contribution in [0.2, 0.25) is 0 Å². The highest BCUT2D eigenvalue weighted by atomic mass is 16.3. The first-order valence-corrected chi connectivity index (χ1v) is 4.11. The lowest BCUT2D eigenvalue weighted by Gasteiger charge is -2.30. The summed E-state index contributed by atoms with van der Waals surface area (Å²) in [6.07, 6.45) is 3.20. The van der Waals surface area contributed by atoms with Gasteiger partial charge < -0.3 is 10.4 Å². The fraction of sp³-hybridized carbons (Fsp3) is 0.875. The monoisotopic (exact) mass is 157 g/mol. The van der Waals surface area contributed by atoms with E-state index in [4.69, 9.17) is 0 Å². The molecule has 11 heavy (non-hydrogen) atoms. The molecule has 0 aliphatic heterocycles. The van der Waals surface area contributed by atoms with Crippen molar-refractivity contribution in [1.29, 1.82) is 0 Å². The minimum atomic E-state index is -0.167. The van der Waals surface area contributed by atoms with Crippen molar-refractivity contribution in [1.82, 2.24) is 5.32 Å². The second kappa shape index (κ2) is 3.72. The molecular formula is C8H15NO2. The topological polar surface area (TPSA) is 49.3 Å². The molecule has 3 atom stereocenters. The number of hydrogen-bond donors (Lipinski definition) is 2. The van der Waals surface area contributed by atoms with Gasteiger partial charge in [0.2, 0.25) is 6.41 Å². The quantitative estimate of drug-likeness (QED) is 0.566. The SMILES string of the molecule is CC1C[C@@H](NC=O)CC[C@@H]1O. The van der Waals surface area contributed by atoms with E-state index in [0.29, 0.717) is 5.92 Å². The van der Waals surface area contributed by atoms with Crippen LogP contribution < -0.4 is 5.32 Å². The number of rotatable bonds is 2. The van der Waals surface area contributed by atoms with E-state index in [2.05, 4.69) is 5.32 Å². The van der Waals surface area contributed by atoms with Gasteiger partial charge in [0.15, 0.2) is 0 Å². The predicted molar refractivity (Wildman–Crippen MR) is 42.0 cm³/mol. The number of aliphatic hydroxyl groups excluding tert-OH is 1. The summed E-state index contributed by atoms with van der Waals surface area (Å²) in [6.45, 7) is 2.02. The Hall–Kier alpha value is -0.570. The van der Waals surface area contributed by atoms with Gasteiger partial charge in [-0.3, -0.25) is 4.79 Å². The van der Waals surface area contributed by atoms with Crippen molar-refractivity contribution in [2.24, 2.45) is 5.92 Å². The van der Waals surface area contributed by atoms with Crippen LogP contribution in [0.15, 0.2) is 0 Å². The maximum atomic E-state index is 10.1. The Bertz CT molecular complexity index is 138. The third kappa shape index (κ3) is 2.19. The molecule has 0 aromatic rings. The molecule has 1 fully saturated rings. The lowest BCUT2D eigenvalue weighted by molar-refractivity contribution is -0.110. The van der Waals surface area contributed by atoms with E-state index in [1.165, 1.54) is 0 Å². The zero-order valence-corrected chi connectivity index (χ0v) is 6.79. The number of amides is 1. The minimum Gasteiger partial charge on any atom is -0.393 e. The lowest BCUT2D eigenvalue weighted by atomic mass is 9.85. The van der Waals surface area contributed by atoms with E-state index in [-0.39, 0.29) is 12.1 Å². The summed E-state index contributed by atoms with van der Waals surface area (Å²) < 4.78 is 0. The van der Waals surface area contributed by atoms with E-state index >= 15 is 0 Å². The third-order valence-electron chi connectivity index (χ3n) is 2.43. The molecule has 1 aliphatic rings. The van der Waals surface area contributed by atoms with Gasteiger partial charge >= 0.3 is 0 Å². The van der Waals surface area contributed by atoms with Gasteiger partial charge in [0.25, 0.3) is 0 Å². The molecule has 3 nitrogen and oxygen atoms in total. The molecule has 0 radical (unpaired) electrons. The Kier molecular flexibility index (Phi) is 2.88. The number of hydrogen-bond acceptors (Lipinski definition) is 2. The highest BCUT2D eigenvalue weighted by Gasteiger charge is 2.25. The highest BCUT2D eigenvalue weighted by molar-refractivity contribution is 5.46. The van der Waals surface area contributed by atoms with Crippen molar-refractivity contribution in [3.05, 3.63) is 0 Å². The van der Waals surface area contributed by atoms with Crippen molar-refractivity contribution in [3.63, 3.8) is 0 Å². The Morgan fingerprint density at radius 3 is 2.82 bits per heavy atom. The van der Waals surface area contributed by atoms with Crippen molar-refractivity contribution < 1.29 is 9.90 Å². The average molecular weight is 157 g/mol. The molecule has 1 saturated carbocycles. The van der Waals surface area contributed by atoms with Crippen LogP contribution in [0.4, 0.5) is 0 Å². The van der Waals surface area contributed by atoms with E-state index < -0.39 is 0 Å². The molecule has 0 aromatic carbocycles. The zero-order chi connectivity index (χ0) is 8.27. The van der Waals surface area contributed by atoms with Gasteiger partial charge in [0.05, 0.1) is 6.10 Å². The molecule has 0 heterocycles. The number of carbonyl (C=O) groups is 1. The zero-order valence-electron chi connectivity index (χ0n) is 6.79. The number of nitrogens with one attached hydrogen (secondary N) is 1. The predicted octanol–water partition coefficient (Wildman–Crippen LogP) is 0.282. The average Bonchev–Trinajstić information content (AvgIpc) is 1.98. The summed E-state index contributed by atoms with van der Waals surface area (Å²) in [5.74, 6) is 0.321. The summed E-state index contributed by atoms with van der Waals surface area (Å²) in [7, 11) is 0. The van der Waals surface area contributed by atoms with Crippen LogP contribution in [0.5, 0.6) is 0 Å². The van der Waals surface area contributed by atoms with Crippen LogP contribution in [0.1, 0.15) is 26.2 Å². The second-order valence-corrected chi connectivity index (χ2v) is 3.34. The first-order valence-electron chi connectivity index (χ1n) is 4.11. The Morgan fingerprint density at radius 1 is 1.55 bits per heavy atom. The number of carbonyl (C=O) groups excluding carboxylic acids is 1. The van der Waals surface area contributed by atoms with Gasteiger partial charge in [-0.25, -0.2) is 0 Å². The lowest BCUT2D eigenvalue weighted by Crippen LogP contribution is -2.38. The molecule has 1 amide bonds. The second-order valence-electron chi connectivity index (χ2n) is 3.34. The first kappa shape index (κ1) is 8.53.